The zero-order valence-electron chi connectivity index (χ0n) is 61.6. The lowest BCUT2D eigenvalue weighted by atomic mass is 9.92. The minimum absolute atomic E-state index is 0. The third kappa shape index (κ3) is 11.2. The minimum atomic E-state index is 0. The van der Waals surface area contributed by atoms with Crippen molar-refractivity contribution in [1.82, 2.24) is 27.8 Å². The SMILES string of the molecule is C.Ic1ccccc1.N[C@@H]1CCCC[C@H]1N.c1ccc(-n2c3ccc(-n4c5ccccc5c5ccccc54)cc3c3cc4oc5ccc(-n6c7ccccc7c7ccccc76)cc5c4cc32)cc1.c1ccc2c(c1)c1ccccc1n2-c1ccc2[nH]c3cc4c(cc3c2c1)oc1ccc(-n2c3ccccc3c3ccccc32)cc14. The van der Waals surface area contributed by atoms with E-state index in [1.165, 1.54) is 114 Å². The summed E-state index contributed by atoms with van der Waals surface area (Å²) in [6.07, 6.45) is 4.80. The van der Waals surface area contributed by atoms with Crippen LogP contribution in [0.1, 0.15) is 33.1 Å². The Labute approximate surface area is 669 Å². The van der Waals surface area contributed by atoms with E-state index >= 15 is 0 Å². The van der Waals surface area contributed by atoms with Gasteiger partial charge < -0.3 is 48.1 Å². The molecule has 16 aromatic carbocycles. The predicted molar refractivity (Wildman–Crippen MR) is 489 cm³/mol. The molecule has 1 aliphatic rings. The van der Waals surface area contributed by atoms with Crippen molar-refractivity contribution in [2.24, 2.45) is 11.5 Å². The van der Waals surface area contributed by atoms with Crippen LogP contribution < -0.4 is 11.5 Å². The Kier molecular flexibility index (Phi) is 16.7. The quantitative estimate of drug-likeness (QED) is 0.149. The van der Waals surface area contributed by atoms with Crippen LogP contribution in [0.2, 0.25) is 0 Å². The van der Waals surface area contributed by atoms with Crippen LogP contribution in [0.4, 0.5) is 0 Å². The molecule has 5 N–H and O–H groups in total. The smallest absolute Gasteiger partial charge is 0.136 e. The topological polar surface area (TPSA) is 119 Å². The number of furan rings is 2. The van der Waals surface area contributed by atoms with Gasteiger partial charge in [0.15, 0.2) is 0 Å². The molecule has 0 bridgehead atoms. The van der Waals surface area contributed by atoms with Gasteiger partial charge in [0.1, 0.15) is 22.3 Å². The number of halogens is 1. The Morgan fingerprint density at radius 3 is 0.912 bits per heavy atom. The molecule has 8 aromatic heterocycles. The molecule has 1 fully saturated rings. The number of nitrogens with zero attached hydrogens (tertiary/aromatic N) is 5. The van der Waals surface area contributed by atoms with E-state index in [0.29, 0.717) is 0 Å². The van der Waals surface area contributed by atoms with Crippen LogP contribution >= 0.6 is 22.6 Å². The van der Waals surface area contributed by atoms with Gasteiger partial charge in [-0.25, -0.2) is 0 Å². The summed E-state index contributed by atoms with van der Waals surface area (Å²) in [5, 5.41) is 19.2. The zero-order valence-corrected chi connectivity index (χ0v) is 63.7. The van der Waals surface area contributed by atoms with Crippen LogP contribution in [0.3, 0.4) is 0 Å². The summed E-state index contributed by atoms with van der Waals surface area (Å²) in [7, 11) is 0. The summed E-state index contributed by atoms with van der Waals surface area (Å²) < 4.78 is 26.4. The highest BCUT2D eigenvalue weighted by Gasteiger charge is 2.24. The number of benzene rings is 16. The van der Waals surface area contributed by atoms with Gasteiger partial charge in [-0.1, -0.05) is 202 Å². The second-order valence-corrected chi connectivity index (χ2v) is 31.2. The standard InChI is InChI=1S/C48H29N3O.C42H25N3O.C6H5I.C6H14N2.CH4/c1-2-12-30(13-3-1)49-45-24-22-31(50-41-18-8-4-14-33(41)34-15-5-9-19-42(34)50)26-37(45)38-29-48-40(28-46(38)49)39-27-32(23-25-47(39)52-48)51-43-20-10-6-16-35(43)36-17-7-11-21-44(36)51;1-5-13-37-27(9-1)28-10-2-6-14-38(28)44(37)25-17-19-35-31(21-25)32-24-42-34(23-36(32)43-35)33-22-26(18-20-41(33)46-42)45-39-15-7-3-11-29(39)30-12-4-8-16-40(30)45;7-6-4-2-1-3-5-6;7-5-3-1-2-4-6(5)8;/h1-29H;1-24,43H;1-5H;5-6H,1-4,7-8H2;1H4/t;;;5-,6-;/m...1./s1. The van der Waals surface area contributed by atoms with Crippen molar-refractivity contribution in [1.29, 1.82) is 0 Å². The van der Waals surface area contributed by atoms with Gasteiger partial charge in [-0.3, -0.25) is 0 Å². The fourth-order valence-corrected chi connectivity index (χ4v) is 18.6. The Balaban J connectivity index is 0.000000121. The molecule has 0 saturated heterocycles. The number of nitrogens with two attached hydrogens (primary N) is 2. The first-order valence-corrected chi connectivity index (χ1v) is 40.0. The number of hydrogen-bond acceptors (Lipinski definition) is 4. The van der Waals surface area contributed by atoms with Crippen LogP contribution in [0, 0.1) is 3.57 Å². The van der Waals surface area contributed by atoms with E-state index in [4.69, 9.17) is 20.3 Å². The molecule has 10 nitrogen and oxygen atoms in total. The Bertz CT molecular complexity index is 7470. The molecule has 11 heteroatoms. The van der Waals surface area contributed by atoms with Crippen molar-refractivity contribution in [3.8, 4) is 28.4 Å². The van der Waals surface area contributed by atoms with Gasteiger partial charge in [-0.15, -0.1) is 0 Å². The fraction of sp³-hybridized carbons (Fsp3) is 0.0680. The van der Waals surface area contributed by atoms with Crippen molar-refractivity contribution in [2.75, 3.05) is 0 Å². The van der Waals surface area contributed by atoms with Gasteiger partial charge in [0.25, 0.3) is 0 Å². The third-order valence-corrected chi connectivity index (χ3v) is 24.2. The molecule has 0 radical (unpaired) electrons. The number of fused-ring (bicyclic) bond motifs is 24. The van der Waals surface area contributed by atoms with Gasteiger partial charge in [0.2, 0.25) is 0 Å². The minimum Gasteiger partial charge on any atom is -0.456 e. The number of H-pyrrole nitrogens is 1. The lowest BCUT2D eigenvalue weighted by molar-refractivity contribution is 0.385. The summed E-state index contributed by atoms with van der Waals surface area (Å²) in [5.74, 6) is 0. The maximum atomic E-state index is 6.67. The lowest BCUT2D eigenvalue weighted by Gasteiger charge is -2.24. The fourth-order valence-electron chi connectivity index (χ4n) is 18.2. The molecular formula is C103H77IN8O2. The van der Waals surface area contributed by atoms with Crippen LogP contribution in [0.15, 0.2) is 361 Å². The van der Waals surface area contributed by atoms with Gasteiger partial charge in [-0.2, -0.15) is 0 Å². The summed E-state index contributed by atoms with van der Waals surface area (Å²) in [6.45, 7) is 0. The average molecular weight is 1590 g/mol. The molecule has 548 valence electrons. The molecule has 2 atom stereocenters. The number of aromatic amines is 1. The van der Waals surface area contributed by atoms with E-state index in [1.807, 2.05) is 18.2 Å². The first-order chi connectivity index (χ1) is 55.8. The molecule has 24 aromatic rings. The van der Waals surface area contributed by atoms with Crippen molar-refractivity contribution < 1.29 is 8.83 Å². The number of nitrogens with one attached hydrogen (secondary N) is 1. The molecule has 0 aliphatic heterocycles. The highest BCUT2D eigenvalue weighted by atomic mass is 127. The summed E-state index contributed by atoms with van der Waals surface area (Å²) >= 11 is 2.28. The Hall–Kier alpha value is -13.4. The van der Waals surface area contributed by atoms with E-state index in [0.717, 1.165) is 118 Å². The lowest BCUT2D eigenvalue weighted by Crippen LogP contribution is -2.43. The van der Waals surface area contributed by atoms with Crippen LogP contribution in [0.5, 0.6) is 0 Å². The first kappa shape index (κ1) is 68.6. The number of hydrogen-bond donors (Lipinski definition) is 3. The highest BCUT2D eigenvalue weighted by Crippen LogP contribution is 2.45. The maximum absolute atomic E-state index is 6.67. The molecule has 1 saturated carbocycles. The maximum Gasteiger partial charge on any atom is 0.136 e. The van der Waals surface area contributed by atoms with Crippen LogP contribution in [0.25, 0.3) is 203 Å². The van der Waals surface area contributed by atoms with Crippen molar-refractivity contribution in [3.05, 3.63) is 355 Å². The second-order valence-electron chi connectivity index (χ2n) is 29.9. The van der Waals surface area contributed by atoms with Gasteiger partial charge in [-0.05, 0) is 205 Å². The van der Waals surface area contributed by atoms with Crippen LogP contribution in [-0.2, 0) is 0 Å². The number of rotatable bonds is 5. The Morgan fingerprint density at radius 2 is 0.526 bits per heavy atom. The second kappa shape index (κ2) is 27.8. The Morgan fingerprint density at radius 1 is 0.237 bits per heavy atom. The average Bonchev–Trinajstić information content (AvgIpc) is 1.56. The van der Waals surface area contributed by atoms with Crippen molar-refractivity contribution in [2.45, 2.75) is 45.2 Å². The first-order valence-electron chi connectivity index (χ1n) is 38.9. The van der Waals surface area contributed by atoms with Gasteiger partial charge in [0, 0.05) is 141 Å². The van der Waals surface area contributed by atoms with Crippen molar-refractivity contribution in [3.63, 3.8) is 0 Å². The summed E-state index contributed by atoms with van der Waals surface area (Å²) in [6, 6.07) is 127. The molecule has 25 rings (SSSR count). The molecule has 0 unspecified atom stereocenters. The van der Waals surface area contributed by atoms with E-state index in [1.54, 1.807) is 0 Å². The molecule has 1 aliphatic carbocycles. The molecule has 0 amide bonds. The van der Waals surface area contributed by atoms with E-state index < -0.39 is 0 Å². The largest absolute Gasteiger partial charge is 0.456 e. The third-order valence-electron chi connectivity index (χ3n) is 23.5. The zero-order chi connectivity index (χ0) is 74.9. The highest BCUT2D eigenvalue weighted by molar-refractivity contribution is 14.1. The predicted octanol–water partition coefficient (Wildman–Crippen LogP) is 27.4. The van der Waals surface area contributed by atoms with Crippen molar-refractivity contribution >= 4 is 197 Å². The van der Waals surface area contributed by atoms with Gasteiger partial charge in [0.05, 0.1) is 55.2 Å². The van der Waals surface area contributed by atoms with E-state index in [-0.39, 0.29) is 19.5 Å². The van der Waals surface area contributed by atoms with Gasteiger partial charge >= 0.3 is 0 Å². The number of aromatic nitrogens is 6. The number of para-hydroxylation sites is 9. The van der Waals surface area contributed by atoms with Crippen LogP contribution in [-0.4, -0.2) is 39.9 Å². The summed E-state index contributed by atoms with van der Waals surface area (Å²) in [5.41, 5.74) is 34.7. The normalized spacial score (nSPS) is 13.9. The molecular weight excluding hydrogens is 1510 g/mol. The molecule has 114 heavy (non-hydrogen) atoms. The monoisotopic (exact) mass is 1580 g/mol. The molecule has 0 spiro atoms. The van der Waals surface area contributed by atoms with E-state index in [2.05, 4.69) is 384 Å². The summed E-state index contributed by atoms with van der Waals surface area (Å²) in [4.78, 5) is 3.71. The van der Waals surface area contributed by atoms with E-state index in [9.17, 15) is 0 Å². The molecule has 8 heterocycles.